The fourth-order valence-electron chi connectivity index (χ4n) is 1.86. The Hall–Kier alpha value is -0.740. The quantitative estimate of drug-likeness (QED) is 0.870. The maximum atomic E-state index is 5.24. The molecule has 88 valence electrons. The van der Waals surface area contributed by atoms with E-state index in [2.05, 4.69) is 10.3 Å². The van der Waals surface area contributed by atoms with E-state index in [1.165, 1.54) is 17.9 Å². The summed E-state index contributed by atoms with van der Waals surface area (Å²) in [5.41, 5.74) is 2.07. The van der Waals surface area contributed by atoms with E-state index < -0.39 is 0 Å². The highest BCUT2D eigenvalue weighted by Crippen LogP contribution is 2.18. The molecule has 1 unspecified atom stereocenters. The molecule has 0 amide bonds. The van der Waals surface area contributed by atoms with Crippen LogP contribution in [0.2, 0.25) is 0 Å². The van der Waals surface area contributed by atoms with Gasteiger partial charge in [-0.3, -0.25) is 4.98 Å². The van der Waals surface area contributed by atoms with Crippen LogP contribution < -0.4 is 10.1 Å². The molecule has 4 heteroatoms. The van der Waals surface area contributed by atoms with E-state index in [0.717, 1.165) is 23.7 Å². The van der Waals surface area contributed by atoms with Crippen molar-refractivity contribution in [1.82, 2.24) is 10.3 Å². The summed E-state index contributed by atoms with van der Waals surface area (Å²) in [5, 5.41) is 3.54. The van der Waals surface area contributed by atoms with Crippen LogP contribution in [-0.4, -0.2) is 29.6 Å². The summed E-state index contributed by atoms with van der Waals surface area (Å²) in [4.78, 5) is 4.49. The van der Waals surface area contributed by atoms with Gasteiger partial charge in [-0.15, -0.1) is 0 Å². The number of aryl methyl sites for hydroxylation is 1. The molecule has 16 heavy (non-hydrogen) atoms. The zero-order chi connectivity index (χ0) is 11.4. The number of pyridine rings is 1. The van der Waals surface area contributed by atoms with Gasteiger partial charge in [0.05, 0.1) is 12.8 Å². The SMILES string of the molecule is COc1cc(C)nc(CNC2CCSC2)c1. The van der Waals surface area contributed by atoms with Crippen LogP contribution in [0, 0.1) is 6.92 Å². The molecular weight excluding hydrogens is 220 g/mol. The van der Waals surface area contributed by atoms with E-state index >= 15 is 0 Å². The van der Waals surface area contributed by atoms with E-state index in [1.807, 2.05) is 30.8 Å². The summed E-state index contributed by atoms with van der Waals surface area (Å²) in [5.74, 6) is 3.40. The molecule has 3 nitrogen and oxygen atoms in total. The highest BCUT2D eigenvalue weighted by molar-refractivity contribution is 7.99. The van der Waals surface area contributed by atoms with Gasteiger partial charge >= 0.3 is 0 Å². The number of ether oxygens (including phenoxy) is 1. The van der Waals surface area contributed by atoms with Crippen molar-refractivity contribution in [1.29, 1.82) is 0 Å². The first-order chi connectivity index (χ1) is 7.78. The van der Waals surface area contributed by atoms with Gasteiger partial charge in [0.25, 0.3) is 0 Å². The van der Waals surface area contributed by atoms with Crippen molar-refractivity contribution in [2.45, 2.75) is 25.9 Å². The van der Waals surface area contributed by atoms with E-state index in [9.17, 15) is 0 Å². The molecule has 0 radical (unpaired) electrons. The molecule has 1 aliphatic rings. The number of hydrogen-bond acceptors (Lipinski definition) is 4. The Bertz CT molecular complexity index is 351. The third kappa shape index (κ3) is 3.12. The largest absolute Gasteiger partial charge is 0.497 e. The molecule has 1 atom stereocenters. The maximum absolute atomic E-state index is 5.24. The minimum absolute atomic E-state index is 0.651. The Morgan fingerprint density at radius 1 is 1.56 bits per heavy atom. The van der Waals surface area contributed by atoms with Crippen LogP contribution in [0.5, 0.6) is 5.75 Å². The van der Waals surface area contributed by atoms with Gasteiger partial charge in [-0.2, -0.15) is 11.8 Å². The topological polar surface area (TPSA) is 34.1 Å². The molecule has 1 fully saturated rings. The normalized spacial score (nSPS) is 20.0. The summed E-state index contributed by atoms with van der Waals surface area (Å²) < 4.78 is 5.24. The molecule has 1 aromatic rings. The molecule has 1 N–H and O–H groups in total. The average molecular weight is 238 g/mol. The molecule has 0 saturated carbocycles. The van der Waals surface area contributed by atoms with Crippen molar-refractivity contribution >= 4 is 11.8 Å². The minimum atomic E-state index is 0.651. The number of nitrogens with zero attached hydrogens (tertiary/aromatic N) is 1. The first kappa shape index (κ1) is 11.7. The number of aromatic nitrogens is 1. The van der Waals surface area contributed by atoms with Gasteiger partial charge in [-0.1, -0.05) is 0 Å². The Kier molecular flexibility index (Phi) is 4.07. The summed E-state index contributed by atoms with van der Waals surface area (Å²) in [6.45, 7) is 2.83. The first-order valence-corrected chi connectivity index (χ1v) is 6.76. The van der Waals surface area contributed by atoms with Crippen LogP contribution in [-0.2, 0) is 6.54 Å². The highest BCUT2D eigenvalue weighted by Gasteiger charge is 2.14. The van der Waals surface area contributed by atoms with Crippen LogP contribution in [0.15, 0.2) is 12.1 Å². The lowest BCUT2D eigenvalue weighted by Crippen LogP contribution is -2.28. The maximum Gasteiger partial charge on any atom is 0.122 e. The van der Waals surface area contributed by atoms with E-state index in [0.29, 0.717) is 6.04 Å². The summed E-state index contributed by atoms with van der Waals surface area (Å²) in [7, 11) is 1.69. The van der Waals surface area contributed by atoms with Gasteiger partial charge in [-0.05, 0) is 19.1 Å². The third-order valence-corrected chi connectivity index (χ3v) is 3.88. The average Bonchev–Trinajstić information content (AvgIpc) is 2.78. The zero-order valence-corrected chi connectivity index (χ0v) is 10.6. The smallest absolute Gasteiger partial charge is 0.122 e. The zero-order valence-electron chi connectivity index (χ0n) is 9.82. The molecule has 0 spiro atoms. The standard InChI is InChI=1S/C12H18N2OS/c1-9-5-12(15-2)6-11(14-9)7-13-10-3-4-16-8-10/h5-6,10,13H,3-4,7-8H2,1-2H3. The van der Waals surface area contributed by atoms with E-state index in [1.54, 1.807) is 7.11 Å². The molecule has 0 aliphatic carbocycles. The van der Waals surface area contributed by atoms with Crippen LogP contribution in [0.4, 0.5) is 0 Å². The van der Waals surface area contributed by atoms with Crippen LogP contribution in [0.25, 0.3) is 0 Å². The fraction of sp³-hybridized carbons (Fsp3) is 0.583. The third-order valence-electron chi connectivity index (χ3n) is 2.72. The molecule has 1 aliphatic heterocycles. The van der Waals surface area contributed by atoms with E-state index in [-0.39, 0.29) is 0 Å². The first-order valence-electron chi connectivity index (χ1n) is 5.60. The van der Waals surface area contributed by atoms with Gasteiger partial charge in [0.1, 0.15) is 5.75 Å². The number of nitrogens with one attached hydrogen (secondary N) is 1. The lowest BCUT2D eigenvalue weighted by Gasteiger charge is -2.11. The van der Waals surface area contributed by atoms with Crippen molar-refractivity contribution in [2.24, 2.45) is 0 Å². The van der Waals surface area contributed by atoms with Crippen molar-refractivity contribution in [2.75, 3.05) is 18.6 Å². The number of hydrogen-bond donors (Lipinski definition) is 1. The second kappa shape index (κ2) is 5.55. The number of thioether (sulfide) groups is 1. The fourth-order valence-corrected chi connectivity index (χ4v) is 3.04. The summed E-state index contributed by atoms with van der Waals surface area (Å²) >= 11 is 2.02. The van der Waals surface area contributed by atoms with Gasteiger partial charge in [-0.25, -0.2) is 0 Å². The van der Waals surface area contributed by atoms with Crippen molar-refractivity contribution in [3.63, 3.8) is 0 Å². The molecule has 2 rings (SSSR count). The van der Waals surface area contributed by atoms with Crippen LogP contribution >= 0.6 is 11.8 Å². The summed E-state index contributed by atoms with van der Waals surface area (Å²) in [6.07, 6.45) is 1.27. The molecule has 0 aromatic carbocycles. The predicted molar refractivity (Wildman–Crippen MR) is 68.1 cm³/mol. The highest BCUT2D eigenvalue weighted by atomic mass is 32.2. The lowest BCUT2D eigenvalue weighted by molar-refractivity contribution is 0.412. The minimum Gasteiger partial charge on any atom is -0.497 e. The van der Waals surface area contributed by atoms with Crippen LogP contribution in [0.1, 0.15) is 17.8 Å². The van der Waals surface area contributed by atoms with Crippen LogP contribution in [0.3, 0.4) is 0 Å². The molecule has 0 bridgehead atoms. The van der Waals surface area contributed by atoms with Gasteiger partial charge in [0.2, 0.25) is 0 Å². The molecular formula is C12H18N2OS. The van der Waals surface area contributed by atoms with E-state index in [4.69, 9.17) is 4.74 Å². The van der Waals surface area contributed by atoms with Gasteiger partial charge in [0, 0.05) is 36.2 Å². The second-order valence-electron chi connectivity index (χ2n) is 4.08. The number of rotatable bonds is 4. The van der Waals surface area contributed by atoms with Gasteiger partial charge < -0.3 is 10.1 Å². The Morgan fingerprint density at radius 2 is 2.44 bits per heavy atom. The molecule has 1 saturated heterocycles. The lowest BCUT2D eigenvalue weighted by atomic mass is 10.2. The molecule has 1 aromatic heterocycles. The van der Waals surface area contributed by atoms with Crippen molar-refractivity contribution < 1.29 is 4.74 Å². The van der Waals surface area contributed by atoms with Crippen molar-refractivity contribution in [3.05, 3.63) is 23.5 Å². The number of methoxy groups -OCH3 is 1. The van der Waals surface area contributed by atoms with Gasteiger partial charge in [0.15, 0.2) is 0 Å². The second-order valence-corrected chi connectivity index (χ2v) is 5.23. The summed E-state index contributed by atoms with van der Waals surface area (Å²) in [6, 6.07) is 4.61. The molecule has 2 heterocycles. The Morgan fingerprint density at radius 3 is 3.12 bits per heavy atom. The monoisotopic (exact) mass is 238 g/mol. The van der Waals surface area contributed by atoms with Crippen molar-refractivity contribution in [3.8, 4) is 5.75 Å². The predicted octanol–water partition coefficient (Wildman–Crippen LogP) is 1.99. The Labute approximate surface area is 101 Å². The Balaban J connectivity index is 1.94.